The highest BCUT2D eigenvalue weighted by Gasteiger charge is 2.26. The molecule has 6 heteroatoms. The molecule has 0 bridgehead atoms. The first-order chi connectivity index (χ1) is 9.33. The minimum atomic E-state index is -3.52. The largest absolute Gasteiger partial charge is 0.465 e. The van der Waals surface area contributed by atoms with E-state index in [0.29, 0.717) is 35.4 Å². The van der Waals surface area contributed by atoms with Crippen molar-refractivity contribution in [2.45, 2.75) is 52.5 Å². The van der Waals surface area contributed by atoms with Crippen molar-refractivity contribution < 1.29 is 12.8 Å². The predicted octanol–water partition coefficient (Wildman–Crippen LogP) is 2.33. The fourth-order valence-electron chi connectivity index (χ4n) is 1.98. The molecule has 0 amide bonds. The maximum absolute atomic E-state index is 12.5. The van der Waals surface area contributed by atoms with Crippen LogP contribution >= 0.6 is 0 Å². The molecule has 1 unspecified atom stereocenters. The van der Waals surface area contributed by atoms with Gasteiger partial charge in [-0.25, -0.2) is 13.1 Å². The summed E-state index contributed by atoms with van der Waals surface area (Å²) < 4.78 is 33.1. The molecule has 1 heterocycles. The molecule has 0 aliphatic carbocycles. The van der Waals surface area contributed by atoms with Crippen LogP contribution in [-0.4, -0.2) is 21.5 Å². The summed E-state index contributed by atoms with van der Waals surface area (Å²) in [5, 5.41) is 3.16. The zero-order valence-electron chi connectivity index (χ0n) is 13.0. The Bertz CT molecular complexity index is 535. The van der Waals surface area contributed by atoms with Crippen LogP contribution in [0.2, 0.25) is 0 Å². The molecule has 2 N–H and O–H groups in total. The molecule has 1 rings (SSSR count). The van der Waals surface area contributed by atoms with E-state index in [0.717, 1.165) is 18.5 Å². The Balaban J connectivity index is 3.04. The van der Waals surface area contributed by atoms with Crippen LogP contribution in [-0.2, 0) is 16.6 Å². The van der Waals surface area contributed by atoms with E-state index >= 15 is 0 Å². The molecule has 0 aliphatic heterocycles. The normalized spacial score (nSPS) is 13.7. The van der Waals surface area contributed by atoms with Gasteiger partial charge in [-0.05, 0) is 26.3 Å². The zero-order chi connectivity index (χ0) is 15.3. The van der Waals surface area contributed by atoms with Crippen molar-refractivity contribution in [3.05, 3.63) is 17.1 Å². The monoisotopic (exact) mass is 302 g/mol. The van der Waals surface area contributed by atoms with Crippen LogP contribution in [0.5, 0.6) is 0 Å². The van der Waals surface area contributed by atoms with Crippen LogP contribution < -0.4 is 10.0 Å². The third-order valence-corrected chi connectivity index (χ3v) is 5.08. The fraction of sp³-hybridized carbons (Fsp3) is 0.714. The molecule has 0 radical (unpaired) electrons. The molecular formula is C14H26N2O3S. The summed E-state index contributed by atoms with van der Waals surface area (Å²) in [5.41, 5.74) is 0.723. The van der Waals surface area contributed by atoms with Crippen molar-refractivity contribution in [3.8, 4) is 0 Å². The quantitative estimate of drug-likeness (QED) is 0.773. The second-order valence-electron chi connectivity index (χ2n) is 5.17. The van der Waals surface area contributed by atoms with E-state index in [4.69, 9.17) is 4.42 Å². The molecular weight excluding hydrogens is 276 g/mol. The van der Waals surface area contributed by atoms with Gasteiger partial charge in [0.2, 0.25) is 10.0 Å². The second-order valence-corrected chi connectivity index (χ2v) is 6.87. The van der Waals surface area contributed by atoms with Crippen molar-refractivity contribution >= 4 is 10.0 Å². The van der Waals surface area contributed by atoms with Crippen molar-refractivity contribution in [2.24, 2.45) is 5.92 Å². The number of nitrogens with one attached hydrogen (secondary N) is 2. The topological polar surface area (TPSA) is 71.3 Å². The molecule has 0 aliphatic rings. The van der Waals surface area contributed by atoms with E-state index in [-0.39, 0.29) is 0 Å². The molecule has 1 aromatic heterocycles. The predicted molar refractivity (Wildman–Crippen MR) is 80.2 cm³/mol. The highest BCUT2D eigenvalue weighted by Crippen LogP contribution is 2.26. The van der Waals surface area contributed by atoms with Gasteiger partial charge in [-0.1, -0.05) is 27.2 Å². The maximum atomic E-state index is 12.5. The summed E-state index contributed by atoms with van der Waals surface area (Å²) in [4.78, 5) is 0.291. The van der Waals surface area contributed by atoms with E-state index in [2.05, 4.69) is 10.0 Å². The molecule has 1 atom stereocenters. The average molecular weight is 302 g/mol. The summed E-state index contributed by atoms with van der Waals surface area (Å²) in [5.74, 6) is 1.43. The molecule has 0 saturated carbocycles. The number of rotatable bonds is 8. The van der Waals surface area contributed by atoms with Crippen molar-refractivity contribution in [1.29, 1.82) is 0 Å². The van der Waals surface area contributed by atoms with Crippen LogP contribution in [0.15, 0.2) is 9.31 Å². The van der Waals surface area contributed by atoms with Gasteiger partial charge in [0.25, 0.3) is 0 Å². The molecule has 1 aromatic rings. The number of hydrogen-bond donors (Lipinski definition) is 2. The van der Waals surface area contributed by atoms with Gasteiger partial charge in [-0.3, -0.25) is 0 Å². The van der Waals surface area contributed by atoms with Gasteiger partial charge in [0.15, 0.2) is 0 Å². The van der Waals surface area contributed by atoms with Crippen molar-refractivity contribution in [2.75, 3.05) is 13.1 Å². The van der Waals surface area contributed by atoms with Crippen LogP contribution in [0.1, 0.15) is 44.3 Å². The third-order valence-electron chi connectivity index (χ3n) is 3.46. The molecule has 0 spiro atoms. The van der Waals surface area contributed by atoms with Crippen molar-refractivity contribution in [3.63, 3.8) is 0 Å². The summed E-state index contributed by atoms with van der Waals surface area (Å²) in [6, 6.07) is 0. The third kappa shape index (κ3) is 4.07. The number of aryl methyl sites for hydroxylation is 2. The van der Waals surface area contributed by atoms with Gasteiger partial charge >= 0.3 is 0 Å². The molecule has 0 fully saturated rings. The summed E-state index contributed by atoms with van der Waals surface area (Å²) in [6.07, 6.45) is 0.941. The Hall–Kier alpha value is -0.850. The van der Waals surface area contributed by atoms with E-state index in [1.165, 1.54) is 0 Å². The highest BCUT2D eigenvalue weighted by molar-refractivity contribution is 7.89. The van der Waals surface area contributed by atoms with Gasteiger partial charge in [0, 0.05) is 18.7 Å². The van der Waals surface area contributed by atoms with E-state index < -0.39 is 10.0 Å². The van der Waals surface area contributed by atoms with Gasteiger partial charge in [-0.15, -0.1) is 0 Å². The van der Waals surface area contributed by atoms with E-state index in [9.17, 15) is 8.42 Å². The first-order valence-corrected chi connectivity index (χ1v) is 8.61. The highest BCUT2D eigenvalue weighted by atomic mass is 32.2. The van der Waals surface area contributed by atoms with Gasteiger partial charge in [0.1, 0.15) is 16.4 Å². The Morgan fingerprint density at radius 2 is 1.85 bits per heavy atom. The number of hydrogen-bond acceptors (Lipinski definition) is 4. The summed E-state index contributed by atoms with van der Waals surface area (Å²) in [7, 11) is -3.52. The zero-order valence-corrected chi connectivity index (χ0v) is 13.9. The van der Waals surface area contributed by atoms with Crippen molar-refractivity contribution in [1.82, 2.24) is 10.0 Å². The van der Waals surface area contributed by atoms with Gasteiger partial charge < -0.3 is 9.73 Å². The fourth-order valence-corrected chi connectivity index (χ4v) is 3.59. The first-order valence-electron chi connectivity index (χ1n) is 7.12. The van der Waals surface area contributed by atoms with Gasteiger partial charge in [0.05, 0.1) is 0 Å². The first kappa shape index (κ1) is 17.2. The Morgan fingerprint density at radius 1 is 1.20 bits per heavy atom. The van der Waals surface area contributed by atoms with Crippen LogP contribution in [0, 0.1) is 19.8 Å². The lowest BCUT2D eigenvalue weighted by molar-refractivity contribution is 0.491. The van der Waals surface area contributed by atoms with Gasteiger partial charge in [-0.2, -0.15) is 0 Å². The smallest absolute Gasteiger partial charge is 0.244 e. The van der Waals surface area contributed by atoms with Crippen LogP contribution in [0.3, 0.4) is 0 Å². The minimum absolute atomic E-state index is 0.291. The average Bonchev–Trinajstić information content (AvgIpc) is 2.68. The molecule has 0 aromatic carbocycles. The van der Waals surface area contributed by atoms with Crippen LogP contribution in [0.4, 0.5) is 0 Å². The standard InChI is InChI=1S/C14H26N2O3S/c1-6-10(3)8-16-20(17,18)14-12(5)19-11(4)13(14)9-15-7-2/h10,15-16H,6-9H2,1-5H3. The Kier molecular flexibility index (Phi) is 6.23. The minimum Gasteiger partial charge on any atom is -0.465 e. The Labute approximate surface area is 122 Å². The summed E-state index contributed by atoms with van der Waals surface area (Å²) >= 11 is 0. The maximum Gasteiger partial charge on any atom is 0.244 e. The molecule has 116 valence electrons. The van der Waals surface area contributed by atoms with E-state index in [1.54, 1.807) is 13.8 Å². The second kappa shape index (κ2) is 7.24. The summed E-state index contributed by atoms with van der Waals surface area (Å²) in [6.45, 7) is 11.3. The lowest BCUT2D eigenvalue weighted by Gasteiger charge is -2.12. The lowest BCUT2D eigenvalue weighted by atomic mass is 10.1. The molecule has 20 heavy (non-hydrogen) atoms. The van der Waals surface area contributed by atoms with E-state index in [1.807, 2.05) is 20.8 Å². The van der Waals surface area contributed by atoms with Crippen LogP contribution in [0.25, 0.3) is 0 Å². The number of furan rings is 1. The molecule has 5 nitrogen and oxygen atoms in total. The number of sulfonamides is 1. The SMILES string of the molecule is CCNCc1c(C)oc(C)c1S(=O)(=O)NCC(C)CC. The Morgan fingerprint density at radius 3 is 2.40 bits per heavy atom. The molecule has 0 saturated heterocycles. The lowest BCUT2D eigenvalue weighted by Crippen LogP contribution is -2.29.